The molecule has 2 nitrogen and oxygen atoms in total. The quantitative estimate of drug-likeness (QED) is 0.895. The van der Waals surface area contributed by atoms with Crippen LogP contribution in [0, 0.1) is 12.7 Å². The van der Waals surface area contributed by atoms with E-state index in [2.05, 4.69) is 0 Å². The topological polar surface area (TPSA) is 23.5 Å². The number of anilines is 2. The smallest absolute Gasteiger partial charge is 0.147 e. The minimum Gasteiger partial charge on any atom is -0.389 e. The summed E-state index contributed by atoms with van der Waals surface area (Å²) >= 11 is 0. The van der Waals surface area contributed by atoms with Crippen molar-refractivity contribution < 1.29 is 9.50 Å². The van der Waals surface area contributed by atoms with Crippen molar-refractivity contribution in [1.82, 2.24) is 0 Å². The molecule has 0 fully saturated rings. The number of aryl methyl sites for hydroxylation is 1. The summed E-state index contributed by atoms with van der Waals surface area (Å²) in [6, 6.07) is 12.8. The third kappa shape index (κ3) is 2.83. The highest BCUT2D eigenvalue weighted by Crippen LogP contribution is 2.34. The summed E-state index contributed by atoms with van der Waals surface area (Å²) in [5.74, 6) is -0.314. The molecule has 3 heteroatoms. The molecule has 0 bridgehead atoms. The maximum absolute atomic E-state index is 14.3. The summed E-state index contributed by atoms with van der Waals surface area (Å²) in [4.78, 5) is 1.89. The van der Waals surface area contributed by atoms with E-state index in [1.165, 1.54) is 6.07 Å². The van der Waals surface area contributed by atoms with Gasteiger partial charge in [-0.15, -0.1) is 0 Å². The van der Waals surface area contributed by atoms with Gasteiger partial charge in [-0.3, -0.25) is 0 Å². The minimum absolute atomic E-state index is 0.314. The molecule has 2 rings (SSSR count). The van der Waals surface area contributed by atoms with Crippen LogP contribution in [0.3, 0.4) is 0 Å². The van der Waals surface area contributed by atoms with Gasteiger partial charge in [0.2, 0.25) is 0 Å². The average Bonchev–Trinajstić information content (AvgIpc) is 2.43. The number of hydrogen-bond donors (Lipinski definition) is 1. The molecule has 20 heavy (non-hydrogen) atoms. The van der Waals surface area contributed by atoms with Gasteiger partial charge in [0.1, 0.15) is 5.82 Å². The molecule has 0 saturated heterocycles. The van der Waals surface area contributed by atoms with Gasteiger partial charge in [-0.05, 0) is 39.0 Å². The Kier molecular flexibility index (Phi) is 4.40. The lowest BCUT2D eigenvalue weighted by Crippen LogP contribution is -2.19. The van der Waals surface area contributed by atoms with Crippen molar-refractivity contribution in [3.05, 3.63) is 59.4 Å². The first kappa shape index (κ1) is 14.5. The normalized spacial score (nSPS) is 12.2. The van der Waals surface area contributed by atoms with Crippen molar-refractivity contribution in [3.63, 3.8) is 0 Å². The zero-order valence-corrected chi connectivity index (χ0v) is 12.1. The second-order valence-electron chi connectivity index (χ2n) is 4.93. The monoisotopic (exact) mass is 273 g/mol. The van der Waals surface area contributed by atoms with E-state index in [9.17, 15) is 9.50 Å². The summed E-state index contributed by atoms with van der Waals surface area (Å²) in [6.45, 7) is 6.27. The van der Waals surface area contributed by atoms with Crippen molar-refractivity contribution in [2.45, 2.75) is 26.9 Å². The van der Waals surface area contributed by atoms with Gasteiger partial charge >= 0.3 is 0 Å². The van der Waals surface area contributed by atoms with Crippen LogP contribution >= 0.6 is 0 Å². The highest BCUT2D eigenvalue weighted by molar-refractivity contribution is 5.67. The molecule has 0 aromatic heterocycles. The Morgan fingerprint density at radius 2 is 1.80 bits per heavy atom. The molecule has 1 atom stereocenters. The predicted octanol–water partition coefficient (Wildman–Crippen LogP) is 4.35. The first-order valence-electron chi connectivity index (χ1n) is 6.85. The molecule has 0 radical (unpaired) electrons. The van der Waals surface area contributed by atoms with E-state index in [-0.39, 0.29) is 5.82 Å². The molecule has 2 aromatic rings. The second-order valence-corrected chi connectivity index (χ2v) is 4.93. The minimum atomic E-state index is -0.708. The largest absolute Gasteiger partial charge is 0.389 e. The molecule has 0 amide bonds. The Bertz CT molecular complexity index is 578. The highest BCUT2D eigenvalue weighted by Gasteiger charge is 2.18. The molecule has 2 aromatic carbocycles. The Labute approximate surface area is 119 Å². The van der Waals surface area contributed by atoms with Crippen LogP contribution in [0.25, 0.3) is 0 Å². The van der Waals surface area contributed by atoms with Gasteiger partial charge in [-0.2, -0.15) is 0 Å². The van der Waals surface area contributed by atoms with Crippen LogP contribution in [0.4, 0.5) is 15.8 Å². The number of hydrogen-bond acceptors (Lipinski definition) is 2. The van der Waals surface area contributed by atoms with Crippen LogP contribution < -0.4 is 4.90 Å². The van der Waals surface area contributed by atoms with Crippen molar-refractivity contribution in [2.75, 3.05) is 11.4 Å². The van der Waals surface area contributed by atoms with E-state index < -0.39 is 6.10 Å². The Balaban J connectivity index is 2.54. The van der Waals surface area contributed by atoms with Gasteiger partial charge in [-0.25, -0.2) is 4.39 Å². The van der Waals surface area contributed by atoms with E-state index in [1.54, 1.807) is 19.1 Å². The molecular weight excluding hydrogens is 253 g/mol. The Morgan fingerprint density at radius 3 is 2.35 bits per heavy atom. The van der Waals surface area contributed by atoms with Crippen LogP contribution in [-0.2, 0) is 0 Å². The van der Waals surface area contributed by atoms with E-state index in [1.807, 2.05) is 43.0 Å². The number of nitrogens with zero attached hydrogens (tertiary/aromatic N) is 1. The first-order chi connectivity index (χ1) is 9.54. The number of rotatable bonds is 4. The molecule has 0 spiro atoms. The van der Waals surface area contributed by atoms with Gasteiger partial charge < -0.3 is 10.0 Å². The Morgan fingerprint density at radius 1 is 1.15 bits per heavy atom. The van der Waals surface area contributed by atoms with Gasteiger partial charge in [0.05, 0.1) is 11.8 Å². The maximum atomic E-state index is 14.3. The summed E-state index contributed by atoms with van der Waals surface area (Å²) in [5, 5.41) is 9.87. The average molecular weight is 273 g/mol. The summed E-state index contributed by atoms with van der Waals surface area (Å²) < 4.78 is 14.3. The summed E-state index contributed by atoms with van der Waals surface area (Å²) in [6.07, 6.45) is -0.708. The number of aliphatic hydroxyl groups is 1. The maximum Gasteiger partial charge on any atom is 0.147 e. The molecule has 0 heterocycles. The van der Waals surface area contributed by atoms with E-state index in [0.717, 1.165) is 11.3 Å². The highest BCUT2D eigenvalue weighted by atomic mass is 19.1. The fraction of sp³-hybridized carbons (Fsp3) is 0.294. The molecule has 0 aliphatic rings. The third-order valence-corrected chi connectivity index (χ3v) is 3.40. The van der Waals surface area contributed by atoms with Gasteiger partial charge in [0, 0.05) is 17.8 Å². The van der Waals surface area contributed by atoms with Crippen LogP contribution in [0.5, 0.6) is 0 Å². The lowest BCUT2D eigenvalue weighted by atomic mass is 10.1. The standard InChI is InChI=1S/C17H20FNO/c1-4-19(14-10-8-12(2)9-11-14)17-15(13(3)20)6-5-7-16(17)18/h5-11,13,20H,4H2,1-3H3/t13-/m1/s1. The van der Waals surface area contributed by atoms with Crippen molar-refractivity contribution in [2.24, 2.45) is 0 Å². The molecule has 0 aliphatic carbocycles. The van der Waals surface area contributed by atoms with Crippen molar-refractivity contribution >= 4 is 11.4 Å². The van der Waals surface area contributed by atoms with Crippen molar-refractivity contribution in [1.29, 1.82) is 0 Å². The van der Waals surface area contributed by atoms with E-state index in [4.69, 9.17) is 0 Å². The van der Waals surface area contributed by atoms with Gasteiger partial charge in [0.25, 0.3) is 0 Å². The zero-order chi connectivity index (χ0) is 14.7. The van der Waals surface area contributed by atoms with Gasteiger partial charge in [0.15, 0.2) is 0 Å². The SMILES string of the molecule is CCN(c1ccc(C)cc1)c1c(F)cccc1[C@@H](C)O. The van der Waals surface area contributed by atoms with E-state index >= 15 is 0 Å². The number of halogens is 1. The van der Waals surface area contributed by atoms with E-state index in [0.29, 0.717) is 17.8 Å². The number of benzene rings is 2. The molecule has 0 aliphatic heterocycles. The fourth-order valence-corrected chi connectivity index (χ4v) is 2.35. The van der Waals surface area contributed by atoms with Crippen LogP contribution in [0.15, 0.2) is 42.5 Å². The predicted molar refractivity (Wildman–Crippen MR) is 80.9 cm³/mol. The molecule has 0 unspecified atom stereocenters. The van der Waals surface area contributed by atoms with Gasteiger partial charge in [-0.1, -0.05) is 29.8 Å². The van der Waals surface area contributed by atoms with Crippen LogP contribution in [0.2, 0.25) is 0 Å². The number of aliphatic hydroxyl groups excluding tert-OH is 1. The third-order valence-electron chi connectivity index (χ3n) is 3.40. The zero-order valence-electron chi connectivity index (χ0n) is 12.1. The molecule has 0 saturated carbocycles. The summed E-state index contributed by atoms with van der Waals surface area (Å²) in [7, 11) is 0. The lowest BCUT2D eigenvalue weighted by Gasteiger charge is -2.27. The van der Waals surface area contributed by atoms with Crippen molar-refractivity contribution in [3.8, 4) is 0 Å². The van der Waals surface area contributed by atoms with Crippen LogP contribution in [0.1, 0.15) is 31.1 Å². The number of para-hydroxylation sites is 1. The lowest BCUT2D eigenvalue weighted by molar-refractivity contribution is 0.199. The van der Waals surface area contributed by atoms with Crippen LogP contribution in [-0.4, -0.2) is 11.7 Å². The molecule has 1 N–H and O–H groups in total. The fourth-order valence-electron chi connectivity index (χ4n) is 2.35. The first-order valence-corrected chi connectivity index (χ1v) is 6.85. The molecule has 106 valence electrons. The molecular formula is C17H20FNO. The second kappa shape index (κ2) is 6.06. The Hall–Kier alpha value is -1.87. The summed E-state index contributed by atoms with van der Waals surface area (Å²) in [5.41, 5.74) is 3.14.